The first-order valence-corrected chi connectivity index (χ1v) is 34.6. The summed E-state index contributed by atoms with van der Waals surface area (Å²) >= 11 is 0. The zero-order valence-corrected chi connectivity index (χ0v) is 59.2. The molecular weight excluding hydrogens is 1310 g/mol. The van der Waals surface area contributed by atoms with E-state index in [0.29, 0.717) is 172 Å². The molecule has 0 aromatic heterocycles. The molecule has 7 rings (SSSR count). The van der Waals surface area contributed by atoms with E-state index in [1.165, 1.54) is 31.3 Å². The second kappa shape index (κ2) is 43.8. The lowest BCUT2D eigenvalue weighted by Crippen LogP contribution is -2.50. The van der Waals surface area contributed by atoms with Gasteiger partial charge in [-0.25, -0.2) is 9.69 Å². The summed E-state index contributed by atoms with van der Waals surface area (Å²) in [6.45, 7) is 18.2. The minimum Gasteiger partial charge on any atom is -0.493 e. The summed E-state index contributed by atoms with van der Waals surface area (Å²) in [6.07, 6.45) is 6.47. The van der Waals surface area contributed by atoms with Crippen molar-refractivity contribution in [3.8, 4) is 23.0 Å². The van der Waals surface area contributed by atoms with Crippen LogP contribution in [-0.4, -0.2) is 226 Å². The summed E-state index contributed by atoms with van der Waals surface area (Å²) in [5, 5.41) is 17.5. The third-order valence-electron chi connectivity index (χ3n) is 17.0. The molecule has 0 saturated carbocycles. The Morgan fingerprint density at radius 1 is 0.614 bits per heavy atom. The largest absolute Gasteiger partial charge is 0.493 e. The predicted octanol–water partition coefficient (Wildman–Crippen LogP) is 8.29. The maximum atomic E-state index is 14.3. The fourth-order valence-electron chi connectivity index (χ4n) is 11.3. The number of nitrogens with one attached hydrogen (secondary N) is 2. The van der Waals surface area contributed by atoms with E-state index < -0.39 is 42.1 Å². The topological polar surface area (TPSA) is 306 Å². The first-order valence-electron chi connectivity index (χ1n) is 34.6. The molecule has 27 nitrogen and oxygen atoms in total. The van der Waals surface area contributed by atoms with Crippen LogP contribution in [0.2, 0.25) is 0 Å². The Morgan fingerprint density at radius 2 is 1.12 bits per heavy atom. The van der Waals surface area contributed by atoms with Crippen molar-refractivity contribution in [3.05, 3.63) is 94.3 Å². The van der Waals surface area contributed by atoms with Crippen LogP contribution in [0, 0.1) is 11.8 Å². The summed E-state index contributed by atoms with van der Waals surface area (Å²) in [5.74, 6) is -0.794. The summed E-state index contributed by atoms with van der Waals surface area (Å²) in [4.78, 5) is 102. The molecule has 0 saturated heterocycles. The van der Waals surface area contributed by atoms with Crippen LogP contribution in [0.5, 0.6) is 23.0 Å². The standard InChI is InChI=1S/C73H102N6O21.CH4/c1-9-68(82)74-18-22-91-24-26-93-28-30-95-32-34-97-36-35-96-33-31-94-29-27-92-25-23-90-21-17-56(80)40-57(49(2)3)69(83)76-52(6)63(81)39-53-13-15-54(16-14-53)48-100-73(87)79-61-44-67(65(89-8)42-59(61)71(85)78-47-51(5)38-62(78)72(79)86)99-20-12-10-11-19-98-66-43-60-58(41-64(66)88-7)70(84)77-46-50(4)37-55(77)45-75-60;/h13-16,41-47,49,52,55,57,62,72,86H,9-12,17-40,48H2,1-8H3,(H,74,82)(H,76,83);1H4/t52-,55-,57-,62-,72-;/m0./s1. The van der Waals surface area contributed by atoms with E-state index in [1.54, 1.807) is 67.6 Å². The smallest absolute Gasteiger partial charge is 0.416 e. The Kier molecular flexibility index (Phi) is 35.6. The van der Waals surface area contributed by atoms with E-state index in [4.69, 9.17) is 61.6 Å². The average Bonchev–Trinajstić information content (AvgIpc) is 1.63. The lowest BCUT2D eigenvalue weighted by atomic mass is 9.88. The highest BCUT2D eigenvalue weighted by atomic mass is 16.6. The fourth-order valence-corrected chi connectivity index (χ4v) is 11.3. The van der Waals surface area contributed by atoms with Gasteiger partial charge in [-0.1, -0.05) is 63.6 Å². The van der Waals surface area contributed by atoms with Gasteiger partial charge in [-0.3, -0.25) is 33.8 Å². The van der Waals surface area contributed by atoms with Crippen LogP contribution in [0.15, 0.2) is 77.1 Å². The SMILES string of the molecule is C.CCC(=O)NCCOCCOCCOCCOCCOCCOCCOCCOCCC(=O)C[C@H](C(=O)N[C@@H](C)C(=O)Cc1ccc(COC(=O)N2c3cc(OCCCCCOc4cc5c(cc4OC)C(=O)N4C=C(C)C[C@H]4C=N5)c(OC)cc3C(=O)N3C=C(C)C[C@H]3[C@@H]2O)cc1)C(C)C. The molecule has 4 aliphatic rings. The molecule has 3 N–H and O–H groups in total. The van der Waals surface area contributed by atoms with Gasteiger partial charge in [-0.05, 0) is 82.1 Å². The van der Waals surface area contributed by atoms with Crippen molar-refractivity contribution < 1.29 is 100 Å². The molecule has 0 radical (unpaired) electrons. The van der Waals surface area contributed by atoms with Gasteiger partial charge in [0, 0.05) is 68.9 Å². The van der Waals surface area contributed by atoms with E-state index in [-0.39, 0.29) is 111 Å². The monoisotopic (exact) mass is 1410 g/mol. The third kappa shape index (κ3) is 25.9. The summed E-state index contributed by atoms with van der Waals surface area (Å²) in [5.41, 5.74) is 4.30. The van der Waals surface area contributed by atoms with Crippen LogP contribution in [0.1, 0.15) is 132 Å². The van der Waals surface area contributed by atoms with E-state index >= 15 is 0 Å². The molecular formula is C74H106N6O21. The van der Waals surface area contributed by atoms with Crippen LogP contribution in [0.4, 0.5) is 16.2 Å². The molecule has 5 atom stereocenters. The van der Waals surface area contributed by atoms with Gasteiger partial charge in [0.25, 0.3) is 11.8 Å². The highest BCUT2D eigenvalue weighted by molar-refractivity contribution is 6.07. The van der Waals surface area contributed by atoms with E-state index in [2.05, 4.69) is 15.6 Å². The molecule has 101 heavy (non-hydrogen) atoms. The molecule has 0 unspecified atom stereocenters. The zero-order chi connectivity index (χ0) is 71.8. The van der Waals surface area contributed by atoms with E-state index in [0.717, 1.165) is 22.5 Å². The Morgan fingerprint density at radius 3 is 1.67 bits per heavy atom. The Bertz CT molecular complexity index is 3250. The number of anilines is 1. The quantitative estimate of drug-likeness (QED) is 0.0448. The maximum absolute atomic E-state index is 14.3. The number of amides is 5. The molecule has 5 amide bonds. The Hall–Kier alpha value is -7.86. The number of aliphatic hydroxyl groups excluding tert-OH is 1. The Balaban J connectivity index is 0.0000161. The number of aliphatic hydroxyl groups is 1. The molecule has 27 heteroatoms. The fraction of sp³-hybridized carbons (Fsp3) is 0.595. The number of hydrogen-bond donors (Lipinski definition) is 3. The van der Waals surface area contributed by atoms with Crippen LogP contribution >= 0.6 is 0 Å². The first kappa shape index (κ1) is 82.1. The number of nitrogens with zero attached hydrogens (tertiary/aromatic N) is 4. The van der Waals surface area contributed by atoms with Gasteiger partial charge in [-0.2, -0.15) is 0 Å². The van der Waals surface area contributed by atoms with Crippen LogP contribution in [0.3, 0.4) is 0 Å². The number of ketones is 2. The zero-order valence-electron chi connectivity index (χ0n) is 59.2. The van der Waals surface area contributed by atoms with Gasteiger partial charge < -0.3 is 87.1 Å². The van der Waals surface area contributed by atoms with Crippen molar-refractivity contribution in [2.24, 2.45) is 16.8 Å². The van der Waals surface area contributed by atoms with E-state index in [1.807, 2.05) is 33.9 Å². The molecule has 0 aliphatic carbocycles. The lowest BCUT2D eigenvalue weighted by Gasteiger charge is -2.31. The van der Waals surface area contributed by atoms with Crippen LogP contribution in [0.25, 0.3) is 0 Å². The number of benzene rings is 3. The molecule has 4 heterocycles. The van der Waals surface area contributed by atoms with Gasteiger partial charge in [0.05, 0.1) is 174 Å². The molecule has 0 bridgehead atoms. The lowest BCUT2D eigenvalue weighted by molar-refractivity contribution is -0.133. The highest BCUT2D eigenvalue weighted by Crippen LogP contribution is 2.43. The number of fused-ring (bicyclic) bond motifs is 4. The van der Waals surface area contributed by atoms with Crippen molar-refractivity contribution >= 4 is 58.9 Å². The number of rotatable bonds is 48. The Labute approximate surface area is 593 Å². The van der Waals surface area contributed by atoms with Gasteiger partial charge in [0.1, 0.15) is 12.4 Å². The molecule has 0 fully saturated rings. The predicted molar refractivity (Wildman–Crippen MR) is 376 cm³/mol. The number of Topliss-reactive ketones (excluding diaryl/α,β-unsaturated/α-hetero) is 2. The number of methoxy groups -OCH3 is 2. The second-order valence-electron chi connectivity index (χ2n) is 25.0. The maximum Gasteiger partial charge on any atom is 0.416 e. The van der Waals surface area contributed by atoms with Crippen LogP contribution in [-0.2, 0) is 74.8 Å². The first-order chi connectivity index (χ1) is 48.4. The minimum atomic E-state index is -1.51. The highest BCUT2D eigenvalue weighted by Gasteiger charge is 2.45. The van der Waals surface area contributed by atoms with Crippen LogP contribution < -0.4 is 34.5 Å². The normalized spacial score (nSPS) is 16.6. The third-order valence-corrected chi connectivity index (χ3v) is 17.0. The minimum absolute atomic E-state index is 0. The summed E-state index contributed by atoms with van der Waals surface area (Å²) in [6, 6.07) is 11.5. The van der Waals surface area contributed by atoms with Gasteiger partial charge in [0.2, 0.25) is 11.8 Å². The van der Waals surface area contributed by atoms with Gasteiger partial charge in [-0.15, -0.1) is 0 Å². The van der Waals surface area contributed by atoms with Crippen molar-refractivity contribution in [2.75, 3.05) is 145 Å². The summed E-state index contributed by atoms with van der Waals surface area (Å²) in [7, 11) is 2.98. The number of hydrogen-bond acceptors (Lipinski definition) is 22. The average molecular weight is 1420 g/mol. The van der Waals surface area contributed by atoms with E-state index in [9.17, 15) is 38.7 Å². The molecule has 4 aliphatic heterocycles. The van der Waals surface area contributed by atoms with Crippen molar-refractivity contribution in [3.63, 3.8) is 0 Å². The second-order valence-corrected chi connectivity index (χ2v) is 25.0. The number of ether oxygens (including phenoxy) is 13. The van der Waals surface area contributed by atoms with Crippen molar-refractivity contribution in [2.45, 2.75) is 138 Å². The number of unbranched alkanes of at least 4 members (excludes halogenated alkanes) is 2. The van der Waals surface area contributed by atoms with Gasteiger partial charge >= 0.3 is 6.09 Å². The van der Waals surface area contributed by atoms with Gasteiger partial charge in [0.15, 0.2) is 35.0 Å². The number of carbonyl (C=O) groups excluding carboxylic acids is 7. The molecule has 0 spiro atoms. The molecule has 3 aromatic rings. The molecule has 3 aromatic carbocycles. The number of aliphatic imine (C=N–C) groups is 1. The number of carbonyl (C=O) groups is 7. The van der Waals surface area contributed by atoms with Crippen molar-refractivity contribution in [1.82, 2.24) is 20.4 Å². The molecule has 558 valence electrons. The van der Waals surface area contributed by atoms with Crippen molar-refractivity contribution in [1.29, 1.82) is 0 Å². The summed E-state index contributed by atoms with van der Waals surface area (Å²) < 4.78 is 73.6.